The van der Waals surface area contributed by atoms with Crippen LogP contribution in [0.15, 0.2) is 60.7 Å². The number of hydrogen-bond acceptors (Lipinski definition) is 4. The molecule has 0 aliphatic rings. The second-order valence-electron chi connectivity index (χ2n) is 13.6. The summed E-state index contributed by atoms with van der Waals surface area (Å²) < 4.78 is 5.54. The number of anilines is 1. The van der Waals surface area contributed by atoms with Gasteiger partial charge in [0, 0.05) is 12.2 Å². The highest BCUT2D eigenvalue weighted by Crippen LogP contribution is 2.30. The third-order valence-electron chi connectivity index (χ3n) is 7.78. The van der Waals surface area contributed by atoms with Crippen molar-refractivity contribution in [1.29, 1.82) is 0 Å². The standard InChI is InChI=1S/C38H53N3O4/c1-9-10-11-12-15-22-41(36(43)33(23-26(2)3)40-37(44)45-38(6,7)8)34(32-21-18-27(4)24-28(32)5)35(42)39-31-20-19-29-16-13-14-17-30(29)25-31/h13-14,16-21,24-26,33-34H,9-12,15,22-23H2,1-8H3,(H,39,42)(H,40,44). The lowest BCUT2D eigenvalue weighted by atomic mass is 9.95. The van der Waals surface area contributed by atoms with Gasteiger partial charge in [0.15, 0.2) is 0 Å². The van der Waals surface area contributed by atoms with Crippen LogP contribution in [0.2, 0.25) is 0 Å². The summed E-state index contributed by atoms with van der Waals surface area (Å²) in [5.41, 5.74) is 2.72. The zero-order valence-electron chi connectivity index (χ0n) is 28.5. The van der Waals surface area contributed by atoms with Crippen molar-refractivity contribution in [1.82, 2.24) is 10.2 Å². The van der Waals surface area contributed by atoms with E-state index in [4.69, 9.17) is 4.74 Å². The van der Waals surface area contributed by atoms with E-state index in [0.29, 0.717) is 18.7 Å². The minimum absolute atomic E-state index is 0.117. The molecule has 0 spiro atoms. The maximum atomic E-state index is 14.6. The average Bonchev–Trinajstić information content (AvgIpc) is 2.95. The predicted octanol–water partition coefficient (Wildman–Crippen LogP) is 8.87. The number of rotatable bonds is 14. The Hall–Kier alpha value is -3.87. The molecule has 2 atom stereocenters. The largest absolute Gasteiger partial charge is 0.444 e. The quantitative estimate of drug-likeness (QED) is 0.177. The molecule has 7 heteroatoms. The Bertz CT molecular complexity index is 1440. The molecule has 0 radical (unpaired) electrons. The molecule has 0 bridgehead atoms. The van der Waals surface area contributed by atoms with E-state index in [0.717, 1.165) is 59.6 Å². The van der Waals surface area contributed by atoms with Crippen LogP contribution in [-0.2, 0) is 14.3 Å². The van der Waals surface area contributed by atoms with Gasteiger partial charge < -0.3 is 20.3 Å². The first-order valence-corrected chi connectivity index (χ1v) is 16.5. The molecule has 0 fully saturated rings. The number of nitrogens with zero attached hydrogens (tertiary/aromatic N) is 1. The molecule has 2 unspecified atom stereocenters. The SMILES string of the molecule is CCCCCCCN(C(=O)C(CC(C)C)NC(=O)OC(C)(C)C)C(C(=O)Nc1ccc2ccccc2c1)c1ccc(C)cc1C. The fraction of sp³-hybridized carbons (Fsp3) is 0.500. The second kappa shape index (κ2) is 16.4. The molecule has 3 amide bonds. The number of aryl methyl sites for hydroxylation is 2. The monoisotopic (exact) mass is 615 g/mol. The first-order chi connectivity index (χ1) is 21.3. The molecule has 45 heavy (non-hydrogen) atoms. The number of nitrogens with one attached hydrogen (secondary N) is 2. The van der Waals surface area contributed by atoms with E-state index in [1.807, 2.05) is 88.4 Å². The van der Waals surface area contributed by atoms with E-state index in [2.05, 4.69) is 17.6 Å². The molecule has 0 aliphatic heterocycles. The molecule has 3 aromatic rings. The van der Waals surface area contributed by atoms with Crippen LogP contribution in [-0.4, -0.2) is 41.0 Å². The number of fused-ring (bicyclic) bond motifs is 1. The minimum Gasteiger partial charge on any atom is -0.444 e. The number of amides is 3. The number of ether oxygens (including phenoxy) is 1. The van der Waals surface area contributed by atoms with Crippen molar-refractivity contribution in [3.05, 3.63) is 77.4 Å². The smallest absolute Gasteiger partial charge is 0.408 e. The van der Waals surface area contributed by atoms with Crippen LogP contribution in [0, 0.1) is 19.8 Å². The van der Waals surface area contributed by atoms with Crippen molar-refractivity contribution in [2.24, 2.45) is 5.92 Å². The van der Waals surface area contributed by atoms with Gasteiger partial charge >= 0.3 is 6.09 Å². The van der Waals surface area contributed by atoms with Gasteiger partial charge in [-0.2, -0.15) is 0 Å². The highest BCUT2D eigenvalue weighted by atomic mass is 16.6. The topological polar surface area (TPSA) is 87.7 Å². The Morgan fingerprint density at radius 2 is 1.56 bits per heavy atom. The van der Waals surface area contributed by atoms with E-state index >= 15 is 0 Å². The van der Waals surface area contributed by atoms with Gasteiger partial charge in [0.1, 0.15) is 17.7 Å². The first kappa shape index (κ1) is 35.6. The van der Waals surface area contributed by atoms with Crippen LogP contribution in [0.5, 0.6) is 0 Å². The summed E-state index contributed by atoms with van der Waals surface area (Å²) in [5, 5.41) is 8.07. The molecule has 3 aromatic carbocycles. The van der Waals surface area contributed by atoms with E-state index < -0.39 is 23.8 Å². The number of carbonyl (C=O) groups excluding carboxylic acids is 3. The van der Waals surface area contributed by atoms with Crippen molar-refractivity contribution in [2.45, 2.75) is 112 Å². The maximum absolute atomic E-state index is 14.6. The molecule has 2 N–H and O–H groups in total. The third-order valence-corrected chi connectivity index (χ3v) is 7.78. The molecule has 7 nitrogen and oxygen atoms in total. The molecular weight excluding hydrogens is 562 g/mol. The normalized spacial score (nSPS) is 12.9. The van der Waals surface area contributed by atoms with Crippen molar-refractivity contribution in [3.63, 3.8) is 0 Å². The summed E-state index contributed by atoms with van der Waals surface area (Å²) in [6.07, 6.45) is 4.74. The van der Waals surface area contributed by atoms with Gasteiger partial charge in [-0.25, -0.2) is 4.79 Å². The second-order valence-corrected chi connectivity index (χ2v) is 13.6. The Labute approximate surface area is 270 Å². The summed E-state index contributed by atoms with van der Waals surface area (Å²) in [4.78, 5) is 43.6. The minimum atomic E-state index is -0.897. The summed E-state index contributed by atoms with van der Waals surface area (Å²) in [6, 6.07) is 18.1. The van der Waals surface area contributed by atoms with Crippen molar-refractivity contribution in [3.8, 4) is 0 Å². The Morgan fingerprint density at radius 3 is 2.20 bits per heavy atom. The van der Waals surface area contributed by atoms with Gasteiger partial charge in [-0.1, -0.05) is 101 Å². The lowest BCUT2D eigenvalue weighted by molar-refractivity contribution is -0.141. The van der Waals surface area contributed by atoms with E-state index in [-0.39, 0.29) is 17.7 Å². The summed E-state index contributed by atoms with van der Waals surface area (Å²) in [5.74, 6) is -0.463. The zero-order valence-corrected chi connectivity index (χ0v) is 28.5. The Balaban J connectivity index is 2.06. The highest BCUT2D eigenvalue weighted by Gasteiger charge is 2.37. The number of benzene rings is 3. The van der Waals surface area contributed by atoms with E-state index in [1.165, 1.54) is 0 Å². The molecule has 244 valence electrons. The molecule has 0 saturated heterocycles. The molecule has 0 heterocycles. The van der Waals surface area contributed by atoms with Crippen LogP contribution < -0.4 is 10.6 Å². The Kier molecular flexibility index (Phi) is 13.0. The fourth-order valence-corrected chi connectivity index (χ4v) is 5.66. The lowest BCUT2D eigenvalue weighted by Gasteiger charge is -2.35. The van der Waals surface area contributed by atoms with Crippen molar-refractivity contribution >= 4 is 34.4 Å². The highest BCUT2D eigenvalue weighted by molar-refractivity contribution is 6.00. The zero-order chi connectivity index (χ0) is 33.1. The van der Waals surface area contributed by atoms with Gasteiger partial charge in [0.05, 0.1) is 0 Å². The van der Waals surface area contributed by atoms with Gasteiger partial charge in [0.25, 0.3) is 5.91 Å². The Morgan fingerprint density at radius 1 is 0.867 bits per heavy atom. The van der Waals surface area contributed by atoms with Gasteiger partial charge in [-0.15, -0.1) is 0 Å². The third kappa shape index (κ3) is 10.9. The molecule has 0 aliphatic carbocycles. The van der Waals surface area contributed by atoms with Crippen molar-refractivity contribution < 1.29 is 19.1 Å². The van der Waals surface area contributed by atoms with Gasteiger partial charge in [-0.05, 0) is 87.4 Å². The molecule has 3 rings (SSSR count). The summed E-state index contributed by atoms with van der Waals surface area (Å²) in [6.45, 7) is 16.0. The predicted molar refractivity (Wildman–Crippen MR) is 184 cm³/mol. The molecule has 0 aromatic heterocycles. The van der Waals surface area contributed by atoms with Crippen LogP contribution in [0.25, 0.3) is 10.8 Å². The molecule has 0 saturated carbocycles. The van der Waals surface area contributed by atoms with Crippen LogP contribution in [0.3, 0.4) is 0 Å². The number of alkyl carbamates (subject to hydrolysis) is 1. The number of carbonyl (C=O) groups is 3. The number of unbranched alkanes of at least 4 members (excludes halogenated alkanes) is 4. The molecular formula is C38H53N3O4. The summed E-state index contributed by atoms with van der Waals surface area (Å²) in [7, 11) is 0. The fourth-order valence-electron chi connectivity index (χ4n) is 5.66. The lowest BCUT2D eigenvalue weighted by Crippen LogP contribution is -2.53. The average molecular weight is 616 g/mol. The van der Waals surface area contributed by atoms with E-state index in [9.17, 15) is 14.4 Å². The van der Waals surface area contributed by atoms with Gasteiger partial charge in [-0.3, -0.25) is 9.59 Å². The van der Waals surface area contributed by atoms with Crippen LogP contribution in [0.4, 0.5) is 10.5 Å². The summed E-state index contributed by atoms with van der Waals surface area (Å²) >= 11 is 0. The maximum Gasteiger partial charge on any atom is 0.408 e. The van der Waals surface area contributed by atoms with Crippen LogP contribution >= 0.6 is 0 Å². The van der Waals surface area contributed by atoms with E-state index in [1.54, 1.807) is 25.7 Å². The van der Waals surface area contributed by atoms with Crippen LogP contribution in [0.1, 0.15) is 103 Å². The van der Waals surface area contributed by atoms with Crippen molar-refractivity contribution in [2.75, 3.05) is 11.9 Å². The number of hydrogen-bond donors (Lipinski definition) is 2. The first-order valence-electron chi connectivity index (χ1n) is 16.5. The van der Waals surface area contributed by atoms with Gasteiger partial charge in [0.2, 0.25) is 5.91 Å².